The van der Waals surface area contributed by atoms with Crippen LogP contribution < -0.4 is 54.4 Å². The van der Waals surface area contributed by atoms with Crippen LogP contribution in [0.5, 0.6) is 29.3 Å². The SMILES string of the molecule is CCCCCOC(=O)COc1cc(N2C(=O)C3=C(CCCC3)C2=O)c(F)cc1Cl.CCS(=O)(=O)c1cccnc1S(=O)(=O)NC(=O)Nc1nc(OC)cc(OC)n1.CP(=O)(O)CCC(N)C(=O)O.O=C(Nc1nc(OC(F)F)cc(OC(F)F)n1)NS(=O)(=O)c1ccccc1C(=O)O. The Labute approximate surface area is 559 Å². The summed E-state index contributed by atoms with van der Waals surface area (Å²) in [6.07, 6.45) is 6.49. The molecular weight excluding hydrogens is 1430 g/mol. The highest BCUT2D eigenvalue weighted by molar-refractivity contribution is 7.93. The first kappa shape index (κ1) is 81.0. The second-order valence-electron chi connectivity index (χ2n) is 19.6. The van der Waals surface area contributed by atoms with E-state index in [9.17, 15) is 85.3 Å². The quantitative estimate of drug-likeness (QED) is 0.00967. The van der Waals surface area contributed by atoms with E-state index in [1.165, 1.54) is 62.9 Å². The summed E-state index contributed by atoms with van der Waals surface area (Å²) in [5, 5.41) is 20.3. The number of aliphatic carboxylic acids is 1. The number of hydrogen-bond acceptors (Lipinski definition) is 26. The third-order valence-corrected chi connectivity index (χ3v) is 18.3. The maximum absolute atomic E-state index is 14.5. The van der Waals surface area contributed by atoms with Crippen LogP contribution in [0, 0.1) is 5.82 Å². The predicted molar refractivity (Wildman–Crippen MR) is 331 cm³/mol. The lowest BCUT2D eigenvalue weighted by atomic mass is 9.93. The Kier molecular flexibility index (Phi) is 30.4. The number of carboxylic acid groups (broad SMARTS) is 2. The number of carbonyl (C=O) groups is 7. The number of aromatic nitrogens is 5. The van der Waals surface area contributed by atoms with Gasteiger partial charge in [-0.1, -0.05) is 50.4 Å². The number of nitrogens with zero attached hydrogens (tertiary/aromatic N) is 6. The number of aromatic carboxylic acids is 1. The number of amides is 6. The summed E-state index contributed by atoms with van der Waals surface area (Å²) in [4.78, 5) is 109. The fourth-order valence-electron chi connectivity index (χ4n) is 7.86. The molecule has 1 aliphatic heterocycles. The van der Waals surface area contributed by atoms with Crippen LogP contribution in [0.2, 0.25) is 5.02 Å². The summed E-state index contributed by atoms with van der Waals surface area (Å²) >= 11 is 6.02. The number of esters is 1. The first-order valence-corrected chi connectivity index (χ1v) is 35.2. The minimum Gasteiger partial charge on any atom is -0.481 e. The number of alkyl halides is 4. The Bertz CT molecular complexity index is 4110. The number of ether oxygens (including phenoxy) is 6. The number of methoxy groups -OCH3 is 2. The highest BCUT2D eigenvalue weighted by Crippen LogP contribution is 2.40. The molecule has 0 fully saturated rings. The van der Waals surface area contributed by atoms with Crippen LogP contribution in [-0.4, -0.2) is 172 Å². The predicted octanol–water partition coefficient (Wildman–Crippen LogP) is 6.10. The van der Waals surface area contributed by atoms with E-state index in [-0.39, 0.29) is 52.5 Å². The molecule has 0 radical (unpaired) electrons. The van der Waals surface area contributed by atoms with E-state index in [0.717, 1.165) is 67.5 Å². The number of unbranched alkanes of at least 4 members (excludes halogenated alkanes) is 2. The number of hydrogen-bond donors (Lipinski definition) is 8. The fraction of sp³-hybridized carbons (Fsp3) is 0.370. The van der Waals surface area contributed by atoms with Crippen molar-refractivity contribution in [3.63, 3.8) is 0 Å². The van der Waals surface area contributed by atoms with Gasteiger partial charge in [-0.15, -0.1) is 0 Å². The number of halogens is 6. The van der Waals surface area contributed by atoms with E-state index in [4.69, 9.17) is 51.4 Å². The number of nitrogens with two attached hydrogens (primary N) is 1. The van der Waals surface area contributed by atoms with Crippen LogP contribution in [0.25, 0.3) is 0 Å². The molecule has 7 rings (SSSR count). The minimum atomic E-state index is -4.71. The molecule has 34 nitrogen and oxygen atoms in total. The zero-order valence-electron chi connectivity index (χ0n) is 51.8. The van der Waals surface area contributed by atoms with Crippen molar-refractivity contribution < 1.29 is 129 Å². The van der Waals surface area contributed by atoms with E-state index in [2.05, 4.69) is 39.7 Å². The van der Waals surface area contributed by atoms with Gasteiger partial charge in [0.15, 0.2) is 28.8 Å². The van der Waals surface area contributed by atoms with Gasteiger partial charge in [-0.25, -0.2) is 59.7 Å². The van der Waals surface area contributed by atoms with Crippen LogP contribution >= 0.6 is 19.0 Å². The van der Waals surface area contributed by atoms with Gasteiger partial charge in [-0.05, 0) is 68.9 Å². The molecule has 0 bridgehead atoms. The van der Waals surface area contributed by atoms with Crippen LogP contribution in [0.1, 0.15) is 75.6 Å². The molecule has 6 amide bonds. The van der Waals surface area contributed by atoms with Gasteiger partial charge in [0.2, 0.25) is 35.4 Å². The Morgan fingerprint density at radius 1 is 0.745 bits per heavy atom. The molecule has 536 valence electrons. The number of sulfone groups is 1. The lowest BCUT2D eigenvalue weighted by Crippen LogP contribution is -2.36. The molecule has 3 aromatic heterocycles. The molecule has 4 heterocycles. The molecule has 9 N–H and O–H groups in total. The van der Waals surface area contributed by atoms with Gasteiger partial charge in [-0.3, -0.25) is 29.6 Å². The maximum atomic E-state index is 14.5. The second-order valence-corrected chi connectivity index (χ2v) is 28.1. The normalized spacial score (nSPS) is 13.7. The number of carboxylic acids is 2. The first-order chi connectivity index (χ1) is 45.9. The van der Waals surface area contributed by atoms with Crippen molar-refractivity contribution in [2.75, 3.05) is 61.5 Å². The Morgan fingerprint density at radius 3 is 1.74 bits per heavy atom. The third-order valence-electron chi connectivity index (χ3n) is 12.4. The van der Waals surface area contributed by atoms with E-state index < -0.39 is 149 Å². The van der Waals surface area contributed by atoms with Crippen molar-refractivity contribution in [1.29, 1.82) is 0 Å². The molecule has 0 saturated heterocycles. The number of imide groups is 1. The van der Waals surface area contributed by atoms with Crippen molar-refractivity contribution in [1.82, 2.24) is 34.4 Å². The number of pyridine rings is 1. The monoisotopic (exact) mass is 1490 g/mol. The summed E-state index contributed by atoms with van der Waals surface area (Å²) < 4.78 is 179. The molecule has 2 unspecified atom stereocenters. The largest absolute Gasteiger partial charge is 0.481 e. The van der Waals surface area contributed by atoms with E-state index in [1.54, 1.807) is 10.0 Å². The maximum Gasteiger partial charge on any atom is 0.388 e. The van der Waals surface area contributed by atoms with Crippen molar-refractivity contribution in [3.8, 4) is 29.3 Å². The number of nitrogens with one attached hydrogen (secondary N) is 4. The van der Waals surface area contributed by atoms with Crippen molar-refractivity contribution in [2.45, 2.75) is 99.3 Å². The Balaban J connectivity index is 0.000000290. The second kappa shape index (κ2) is 36.7. The smallest absolute Gasteiger partial charge is 0.388 e. The number of urea groups is 2. The van der Waals surface area contributed by atoms with Gasteiger partial charge >= 0.3 is 43.2 Å². The lowest BCUT2D eigenvalue weighted by molar-refractivity contribution is -0.146. The molecule has 2 aromatic carbocycles. The lowest BCUT2D eigenvalue weighted by Gasteiger charge is -2.18. The van der Waals surface area contributed by atoms with Crippen LogP contribution in [0.15, 0.2) is 92.8 Å². The molecule has 0 spiro atoms. The van der Waals surface area contributed by atoms with Gasteiger partial charge in [-0.2, -0.15) is 45.9 Å². The topological polar surface area (TPSA) is 497 Å². The number of carbonyl (C=O) groups excluding carboxylic acids is 5. The Morgan fingerprint density at radius 2 is 1.26 bits per heavy atom. The number of rotatable bonds is 27. The molecule has 2 aliphatic rings. The Hall–Kier alpha value is -9.48. The number of sulfonamides is 2. The highest BCUT2D eigenvalue weighted by Gasteiger charge is 2.41. The van der Waals surface area contributed by atoms with Crippen LogP contribution in [0.4, 0.5) is 49.1 Å². The molecule has 44 heteroatoms. The molecular formula is C54H62ClF5N11O23PS3. The standard InChI is InChI=1S/C21H23ClFNO5.C14H10F4N4O7S.C14H17N5O7S2.C5H12NO4P/c1-2-3-6-9-28-19(25)12-29-18-11-17(16(23)10-15(18)22)24-20(26)13-7-4-5-8-14(13)21(24)27;15-11(16)28-8-5-9(29-12(17)18)20-13(19-8)21-14(25)22-30(26,27)7-4-2-1-3-6(7)10(23)24;1-4-27(21,22)9-6-5-7-15-12(9)28(23,24)19-14(20)18-13-16-10(25-2)8-11(17-13)26-3;1-11(9,10)3-2-4(6)5(7)8/h10-11H,2-9,12H2,1H3;1-5,11-12H,(H,23,24)(H2,19,20,21,22,25);5-8H,4H2,1-3H3,(H2,16,17,18,19,20);4H,2-3,6H2,1H3,(H,7,8)(H,9,10). The highest BCUT2D eigenvalue weighted by atomic mass is 35.5. The average molecular weight is 1490 g/mol. The molecule has 2 atom stereocenters. The fourth-order valence-corrected chi connectivity index (χ4v) is 12.5. The first-order valence-electron chi connectivity index (χ1n) is 28.0. The molecule has 0 saturated carbocycles. The zero-order chi connectivity index (χ0) is 73.5. The molecule has 98 heavy (non-hydrogen) atoms. The summed E-state index contributed by atoms with van der Waals surface area (Å²) in [6, 6.07) is 6.81. The number of benzene rings is 2. The summed E-state index contributed by atoms with van der Waals surface area (Å²) in [5.74, 6) is -8.52. The van der Waals surface area contributed by atoms with E-state index >= 15 is 0 Å². The van der Waals surface area contributed by atoms with E-state index in [1.807, 2.05) is 6.92 Å². The van der Waals surface area contributed by atoms with Crippen LogP contribution in [0.3, 0.4) is 0 Å². The van der Waals surface area contributed by atoms with E-state index in [0.29, 0.717) is 36.7 Å². The molecule has 5 aromatic rings. The summed E-state index contributed by atoms with van der Waals surface area (Å²) in [7, 11) is -13.7. The summed E-state index contributed by atoms with van der Waals surface area (Å²) in [6.45, 7) is -2.35. The number of anilines is 3. The van der Waals surface area contributed by atoms with Crippen molar-refractivity contribution in [2.24, 2.45) is 5.73 Å². The molecule has 1 aliphatic carbocycles. The van der Waals surface area contributed by atoms with Gasteiger partial charge < -0.3 is 49.3 Å². The summed E-state index contributed by atoms with van der Waals surface area (Å²) in [5.41, 5.74) is 5.12. The van der Waals surface area contributed by atoms with Crippen molar-refractivity contribution >= 4 is 108 Å². The van der Waals surface area contributed by atoms with Gasteiger partial charge in [0.1, 0.15) is 27.4 Å². The van der Waals surface area contributed by atoms with Gasteiger partial charge in [0.25, 0.3) is 31.9 Å². The van der Waals surface area contributed by atoms with Gasteiger partial charge in [0.05, 0.1) is 55.0 Å². The average Bonchev–Trinajstić information content (AvgIpc) is 1.58. The third kappa shape index (κ3) is 24.9. The van der Waals surface area contributed by atoms with Crippen LogP contribution in [-0.2, 0) is 58.4 Å². The zero-order valence-corrected chi connectivity index (χ0v) is 55.9. The van der Waals surface area contributed by atoms with Gasteiger partial charge in [0, 0.05) is 36.2 Å². The van der Waals surface area contributed by atoms with Crippen molar-refractivity contribution in [3.05, 3.63) is 94.4 Å². The minimum absolute atomic E-state index is 0.000883.